The molecule has 0 saturated carbocycles. The minimum absolute atomic E-state index is 0.00473. The van der Waals surface area contributed by atoms with Crippen LogP contribution in [0.3, 0.4) is 0 Å². The van der Waals surface area contributed by atoms with E-state index in [2.05, 4.69) is 10.2 Å². The summed E-state index contributed by atoms with van der Waals surface area (Å²) < 4.78 is 11.2. The highest BCUT2D eigenvalue weighted by atomic mass is 16.6. The summed E-state index contributed by atoms with van der Waals surface area (Å²) in [6.45, 7) is 1.91. The average molecular weight is 299 g/mol. The van der Waals surface area contributed by atoms with E-state index in [1.807, 2.05) is 23.1 Å². The molecule has 0 unspecified atom stereocenters. The summed E-state index contributed by atoms with van der Waals surface area (Å²) in [5.74, 6) is 1.54. The lowest BCUT2D eigenvalue weighted by molar-refractivity contribution is 0.0729. The van der Waals surface area contributed by atoms with E-state index in [9.17, 15) is 4.79 Å². The maximum atomic E-state index is 12.6. The average Bonchev–Trinajstić information content (AvgIpc) is 3.25. The van der Waals surface area contributed by atoms with Crippen LogP contribution in [-0.2, 0) is 0 Å². The number of hydrogen-bond acceptors (Lipinski definition) is 4. The molecule has 2 aromatic rings. The van der Waals surface area contributed by atoms with E-state index >= 15 is 0 Å². The molecule has 22 heavy (non-hydrogen) atoms. The van der Waals surface area contributed by atoms with E-state index in [1.54, 1.807) is 12.3 Å². The number of likely N-dealkylation sites (tertiary alicyclic amines) is 1. The van der Waals surface area contributed by atoms with E-state index in [4.69, 9.17) is 9.47 Å². The zero-order chi connectivity index (χ0) is 14.9. The number of nitrogens with zero attached hydrogens (tertiary/aromatic N) is 2. The van der Waals surface area contributed by atoms with Crippen molar-refractivity contribution in [1.29, 1.82) is 0 Å². The Morgan fingerprint density at radius 3 is 2.91 bits per heavy atom. The Morgan fingerprint density at radius 1 is 1.23 bits per heavy atom. The monoisotopic (exact) mass is 299 g/mol. The standard InChI is InChI=1S/C16H17N3O3/c20-16(12-5-6-17-18-12)19-7-1-2-13(19)11-3-4-14-15(10-11)22-9-8-21-14/h3-6,10,13H,1-2,7-9H2,(H,17,18)/t13-/m0/s1. The van der Waals surface area contributed by atoms with Crippen molar-refractivity contribution in [3.8, 4) is 11.5 Å². The molecule has 2 aliphatic rings. The van der Waals surface area contributed by atoms with Gasteiger partial charge in [0, 0.05) is 12.7 Å². The molecule has 1 N–H and O–H groups in total. The smallest absolute Gasteiger partial charge is 0.272 e. The van der Waals surface area contributed by atoms with Crippen molar-refractivity contribution in [2.45, 2.75) is 18.9 Å². The van der Waals surface area contributed by atoms with Gasteiger partial charge in [0.25, 0.3) is 5.91 Å². The van der Waals surface area contributed by atoms with Crippen molar-refractivity contribution in [3.05, 3.63) is 41.7 Å². The SMILES string of the molecule is O=C(c1ccn[nH]1)N1CCC[C@H]1c1ccc2c(c1)OCCO2. The number of nitrogens with one attached hydrogen (secondary N) is 1. The number of amides is 1. The molecule has 1 amide bonds. The number of carbonyl (C=O) groups excluding carboxylic acids is 1. The molecule has 0 spiro atoms. The van der Waals surface area contributed by atoms with Crippen LogP contribution in [0.15, 0.2) is 30.5 Å². The second-order valence-electron chi connectivity index (χ2n) is 5.53. The Balaban J connectivity index is 1.62. The Bertz CT molecular complexity index is 684. The third kappa shape index (κ3) is 2.20. The summed E-state index contributed by atoms with van der Waals surface area (Å²) in [5.41, 5.74) is 1.62. The largest absolute Gasteiger partial charge is 0.486 e. The summed E-state index contributed by atoms with van der Waals surface area (Å²) in [4.78, 5) is 14.5. The van der Waals surface area contributed by atoms with Crippen LogP contribution in [0.5, 0.6) is 11.5 Å². The van der Waals surface area contributed by atoms with Gasteiger partial charge in [-0.05, 0) is 36.6 Å². The number of ether oxygens (including phenoxy) is 2. The third-order valence-electron chi connectivity index (χ3n) is 4.20. The highest BCUT2D eigenvalue weighted by Gasteiger charge is 2.31. The molecule has 1 saturated heterocycles. The molecule has 0 bridgehead atoms. The fourth-order valence-electron chi connectivity index (χ4n) is 3.15. The fourth-order valence-corrected chi connectivity index (χ4v) is 3.15. The summed E-state index contributed by atoms with van der Waals surface area (Å²) >= 11 is 0. The number of H-pyrrole nitrogens is 1. The lowest BCUT2D eigenvalue weighted by Gasteiger charge is -2.26. The van der Waals surface area contributed by atoms with Gasteiger partial charge in [0.2, 0.25) is 0 Å². The van der Waals surface area contributed by atoms with E-state index < -0.39 is 0 Å². The maximum absolute atomic E-state index is 12.6. The van der Waals surface area contributed by atoms with Crippen LogP contribution < -0.4 is 9.47 Å². The quantitative estimate of drug-likeness (QED) is 0.922. The van der Waals surface area contributed by atoms with Crippen LogP contribution in [0.4, 0.5) is 0 Å². The van der Waals surface area contributed by atoms with Gasteiger partial charge in [0.15, 0.2) is 11.5 Å². The second kappa shape index (κ2) is 5.36. The number of hydrogen-bond donors (Lipinski definition) is 1. The topological polar surface area (TPSA) is 67.5 Å². The zero-order valence-corrected chi connectivity index (χ0v) is 12.1. The van der Waals surface area contributed by atoms with Crippen LogP contribution in [0, 0.1) is 0 Å². The first-order valence-corrected chi connectivity index (χ1v) is 7.53. The van der Waals surface area contributed by atoms with Crippen LogP contribution in [-0.4, -0.2) is 40.8 Å². The molecular formula is C16H17N3O3. The Labute approximate surface area is 128 Å². The molecule has 6 nitrogen and oxygen atoms in total. The zero-order valence-electron chi connectivity index (χ0n) is 12.1. The number of fused-ring (bicyclic) bond motifs is 1. The molecule has 114 valence electrons. The number of benzene rings is 1. The summed E-state index contributed by atoms with van der Waals surface area (Å²) in [6, 6.07) is 7.74. The lowest BCUT2D eigenvalue weighted by atomic mass is 10.0. The molecular weight excluding hydrogens is 282 g/mol. The van der Waals surface area contributed by atoms with Crippen molar-refractivity contribution < 1.29 is 14.3 Å². The second-order valence-corrected chi connectivity index (χ2v) is 5.53. The van der Waals surface area contributed by atoms with E-state index in [1.165, 1.54) is 0 Å². The number of rotatable bonds is 2. The van der Waals surface area contributed by atoms with Gasteiger partial charge in [-0.3, -0.25) is 9.89 Å². The van der Waals surface area contributed by atoms with Gasteiger partial charge in [0.05, 0.1) is 6.04 Å². The molecule has 2 aliphatic heterocycles. The van der Waals surface area contributed by atoms with Crippen LogP contribution in [0.25, 0.3) is 0 Å². The third-order valence-corrected chi connectivity index (χ3v) is 4.20. The summed E-state index contributed by atoms with van der Waals surface area (Å²) in [6.07, 6.45) is 3.56. The van der Waals surface area contributed by atoms with Crippen LogP contribution >= 0.6 is 0 Å². The molecule has 1 aromatic carbocycles. The van der Waals surface area contributed by atoms with E-state index in [0.29, 0.717) is 18.9 Å². The first-order valence-electron chi connectivity index (χ1n) is 7.53. The van der Waals surface area contributed by atoms with Crippen molar-refractivity contribution >= 4 is 5.91 Å². The van der Waals surface area contributed by atoms with Gasteiger partial charge in [-0.15, -0.1) is 0 Å². The minimum atomic E-state index is -0.00473. The number of aromatic nitrogens is 2. The first kappa shape index (κ1) is 13.2. The molecule has 1 atom stereocenters. The predicted octanol–water partition coefficient (Wildman–Crippen LogP) is 2.16. The summed E-state index contributed by atoms with van der Waals surface area (Å²) in [5, 5.41) is 6.61. The molecule has 4 rings (SSSR count). The van der Waals surface area contributed by atoms with Crippen molar-refractivity contribution in [1.82, 2.24) is 15.1 Å². The lowest BCUT2D eigenvalue weighted by Crippen LogP contribution is -2.31. The first-order chi connectivity index (χ1) is 10.8. The Kier molecular flexibility index (Phi) is 3.21. The highest BCUT2D eigenvalue weighted by molar-refractivity contribution is 5.92. The number of aromatic amines is 1. The molecule has 1 fully saturated rings. The van der Waals surface area contributed by atoms with Gasteiger partial charge >= 0.3 is 0 Å². The molecule has 6 heteroatoms. The van der Waals surface area contributed by atoms with Crippen LogP contribution in [0.2, 0.25) is 0 Å². The van der Waals surface area contributed by atoms with E-state index in [0.717, 1.165) is 36.4 Å². The molecule has 3 heterocycles. The van der Waals surface area contributed by atoms with Gasteiger partial charge in [0.1, 0.15) is 18.9 Å². The maximum Gasteiger partial charge on any atom is 0.272 e. The van der Waals surface area contributed by atoms with Crippen molar-refractivity contribution in [2.24, 2.45) is 0 Å². The highest BCUT2D eigenvalue weighted by Crippen LogP contribution is 2.38. The number of carbonyl (C=O) groups is 1. The van der Waals surface area contributed by atoms with Crippen molar-refractivity contribution in [3.63, 3.8) is 0 Å². The molecule has 0 radical (unpaired) electrons. The van der Waals surface area contributed by atoms with Crippen molar-refractivity contribution in [2.75, 3.05) is 19.8 Å². The predicted molar refractivity (Wildman–Crippen MR) is 79.0 cm³/mol. The Morgan fingerprint density at radius 2 is 2.09 bits per heavy atom. The van der Waals surface area contributed by atoms with Gasteiger partial charge in [-0.25, -0.2) is 0 Å². The Hall–Kier alpha value is -2.50. The van der Waals surface area contributed by atoms with Gasteiger partial charge < -0.3 is 14.4 Å². The molecule has 1 aromatic heterocycles. The fraction of sp³-hybridized carbons (Fsp3) is 0.375. The van der Waals surface area contributed by atoms with Gasteiger partial charge in [-0.2, -0.15) is 5.10 Å². The summed E-state index contributed by atoms with van der Waals surface area (Å²) in [7, 11) is 0. The minimum Gasteiger partial charge on any atom is -0.486 e. The molecule has 0 aliphatic carbocycles. The normalized spacial score (nSPS) is 20.2. The van der Waals surface area contributed by atoms with E-state index in [-0.39, 0.29) is 11.9 Å². The van der Waals surface area contributed by atoms with Gasteiger partial charge in [-0.1, -0.05) is 6.07 Å². The van der Waals surface area contributed by atoms with Crippen LogP contribution in [0.1, 0.15) is 34.9 Å².